The lowest BCUT2D eigenvalue weighted by Gasteiger charge is -2.23. The monoisotopic (exact) mass is 469 g/mol. The van der Waals surface area contributed by atoms with Crippen LogP contribution < -0.4 is 16.2 Å². The van der Waals surface area contributed by atoms with Crippen molar-refractivity contribution in [1.29, 1.82) is 0 Å². The van der Waals surface area contributed by atoms with Gasteiger partial charge in [-0.1, -0.05) is 13.8 Å². The number of aryl methyl sites for hydroxylation is 1. The molecule has 0 spiro atoms. The summed E-state index contributed by atoms with van der Waals surface area (Å²) in [5.74, 6) is -1.51. The Morgan fingerprint density at radius 1 is 1.24 bits per heavy atom. The maximum Gasteiger partial charge on any atom is 0.332 e. The van der Waals surface area contributed by atoms with E-state index in [0.29, 0.717) is 6.42 Å². The summed E-state index contributed by atoms with van der Waals surface area (Å²) in [5.41, 5.74) is 5.49. The number of imidazole rings is 1. The van der Waals surface area contributed by atoms with Crippen LogP contribution in [-0.4, -0.2) is 62.6 Å². The largest absolute Gasteiger partial charge is 0.479 e. The lowest BCUT2D eigenvalue weighted by molar-refractivity contribution is -0.159. The van der Waals surface area contributed by atoms with Crippen molar-refractivity contribution in [2.45, 2.75) is 77.8 Å². The van der Waals surface area contributed by atoms with Gasteiger partial charge in [-0.3, -0.25) is 14.2 Å². The molecule has 33 heavy (non-hydrogen) atoms. The number of halogens is 1. The highest BCUT2D eigenvalue weighted by atomic mass is 19.1. The fraction of sp³-hybridized carbons (Fsp3) is 0.650. The van der Waals surface area contributed by atoms with E-state index < -0.39 is 48.3 Å². The number of nitrogen functional groups attached to an aromatic ring is 1. The van der Waals surface area contributed by atoms with Crippen LogP contribution in [0.2, 0.25) is 0 Å². The number of nitrogens with two attached hydrogens (primary N) is 1. The lowest BCUT2D eigenvalue weighted by atomic mass is 10.0. The molecule has 2 aromatic heterocycles. The molecule has 0 radical (unpaired) electrons. The quantitative estimate of drug-likeness (QED) is 0.557. The van der Waals surface area contributed by atoms with E-state index in [1.165, 1.54) is 18.6 Å². The van der Waals surface area contributed by atoms with Crippen LogP contribution in [0.5, 0.6) is 5.88 Å². The van der Waals surface area contributed by atoms with Crippen molar-refractivity contribution in [1.82, 2.24) is 19.1 Å². The average Bonchev–Trinajstić information content (AvgIpc) is 3.19. The van der Waals surface area contributed by atoms with E-state index in [2.05, 4.69) is 9.97 Å². The number of rotatable bonds is 8. The summed E-state index contributed by atoms with van der Waals surface area (Å²) in [6, 6.07) is 0. The topological polar surface area (TPSA) is 150 Å². The van der Waals surface area contributed by atoms with E-state index >= 15 is 4.39 Å². The number of carbonyl (C=O) groups is 2. The van der Waals surface area contributed by atoms with E-state index in [0.717, 1.165) is 11.5 Å². The van der Waals surface area contributed by atoms with Crippen molar-refractivity contribution in [2.24, 2.45) is 0 Å². The predicted octanol–water partition coefficient (Wildman–Crippen LogP) is 1.10. The molecule has 1 aliphatic rings. The zero-order valence-corrected chi connectivity index (χ0v) is 19.1. The first-order chi connectivity index (χ1) is 15.6. The summed E-state index contributed by atoms with van der Waals surface area (Å²) in [7, 11) is 1.37. The molecule has 1 saturated heterocycles. The molecule has 12 nitrogen and oxygen atoms in total. The zero-order valence-electron chi connectivity index (χ0n) is 19.1. The Morgan fingerprint density at radius 2 is 1.94 bits per heavy atom. The Balaban J connectivity index is 2.22. The lowest BCUT2D eigenvalue weighted by Crippen LogP contribution is -2.39. The van der Waals surface area contributed by atoms with Gasteiger partial charge < -0.3 is 24.7 Å². The van der Waals surface area contributed by atoms with Crippen LogP contribution >= 0.6 is 0 Å². The molecule has 0 aliphatic carbocycles. The number of ether oxygens (including phenoxy) is 4. The maximum atomic E-state index is 15.5. The minimum absolute atomic E-state index is 0.0355. The number of esters is 2. The standard InChI is InChI=1S/C20H28FN5O7/c1-6-8-25-13-16(23-19(22)24-17(13)30-5)26(20(25)29)18-15(32-10(4)28)12(21)14(33-18)11(7-2)31-9(3)27/h11-12,14-15,18H,6-8H2,1-5H3,(H2,22,23,24)/t11?,12-,14+,15+,18+/m0/s1. The number of carbonyl (C=O) groups excluding carboxylic acids is 2. The first-order valence-corrected chi connectivity index (χ1v) is 10.6. The molecule has 1 fully saturated rings. The average molecular weight is 469 g/mol. The van der Waals surface area contributed by atoms with E-state index in [4.69, 9.17) is 24.7 Å². The van der Waals surface area contributed by atoms with Crippen molar-refractivity contribution < 1.29 is 32.9 Å². The molecule has 182 valence electrons. The summed E-state index contributed by atoms with van der Waals surface area (Å²) < 4.78 is 39.6. The van der Waals surface area contributed by atoms with E-state index in [9.17, 15) is 14.4 Å². The molecule has 5 atom stereocenters. The van der Waals surface area contributed by atoms with Gasteiger partial charge in [0.15, 0.2) is 29.7 Å². The number of hydrogen-bond donors (Lipinski definition) is 1. The number of aromatic nitrogens is 4. The highest BCUT2D eigenvalue weighted by Gasteiger charge is 2.53. The minimum atomic E-state index is -1.89. The molecule has 1 unspecified atom stereocenters. The van der Waals surface area contributed by atoms with Gasteiger partial charge in [0, 0.05) is 20.4 Å². The molecule has 13 heteroatoms. The molecule has 0 amide bonds. The maximum absolute atomic E-state index is 15.5. The summed E-state index contributed by atoms with van der Waals surface area (Å²) in [6.45, 7) is 6.15. The van der Waals surface area contributed by atoms with Crippen LogP contribution in [0, 0.1) is 0 Å². The molecular weight excluding hydrogens is 441 g/mol. The summed E-state index contributed by atoms with van der Waals surface area (Å²) in [5, 5.41) is 0. The van der Waals surface area contributed by atoms with Crippen LogP contribution in [0.4, 0.5) is 10.3 Å². The van der Waals surface area contributed by atoms with Crippen molar-refractivity contribution in [3.05, 3.63) is 10.5 Å². The van der Waals surface area contributed by atoms with Gasteiger partial charge in [0.05, 0.1) is 7.11 Å². The van der Waals surface area contributed by atoms with Crippen molar-refractivity contribution >= 4 is 29.1 Å². The summed E-state index contributed by atoms with van der Waals surface area (Å²) in [4.78, 5) is 44.9. The van der Waals surface area contributed by atoms with Crippen LogP contribution in [0.3, 0.4) is 0 Å². The van der Waals surface area contributed by atoms with Gasteiger partial charge >= 0.3 is 17.6 Å². The Kier molecular flexibility index (Phi) is 7.20. The van der Waals surface area contributed by atoms with Gasteiger partial charge in [0.2, 0.25) is 11.8 Å². The number of nitrogens with zero attached hydrogens (tertiary/aromatic N) is 4. The second kappa shape index (κ2) is 9.73. The highest BCUT2D eigenvalue weighted by molar-refractivity contribution is 5.78. The van der Waals surface area contributed by atoms with E-state index in [-0.39, 0.29) is 36.0 Å². The fourth-order valence-corrected chi connectivity index (χ4v) is 4.03. The van der Waals surface area contributed by atoms with Gasteiger partial charge in [-0.2, -0.15) is 9.97 Å². The van der Waals surface area contributed by atoms with Crippen LogP contribution in [0.25, 0.3) is 11.2 Å². The van der Waals surface area contributed by atoms with Crippen molar-refractivity contribution in [3.8, 4) is 5.88 Å². The highest BCUT2D eigenvalue weighted by Crippen LogP contribution is 2.38. The summed E-state index contributed by atoms with van der Waals surface area (Å²) >= 11 is 0. The van der Waals surface area contributed by atoms with Crippen LogP contribution in [-0.2, 0) is 30.3 Å². The van der Waals surface area contributed by atoms with Crippen molar-refractivity contribution in [2.75, 3.05) is 12.8 Å². The molecular formula is C20H28FN5O7. The minimum Gasteiger partial charge on any atom is -0.479 e. The Bertz CT molecular complexity index is 1100. The van der Waals surface area contributed by atoms with Gasteiger partial charge in [0.25, 0.3) is 0 Å². The molecule has 0 aromatic carbocycles. The first kappa shape index (κ1) is 24.4. The third-order valence-corrected chi connectivity index (χ3v) is 5.27. The number of anilines is 1. The van der Waals surface area contributed by atoms with E-state index in [1.807, 2.05) is 6.92 Å². The molecule has 1 aliphatic heterocycles. The SMILES string of the molecule is CCCn1c(=O)n([C@@H]2O[C@H](C(CC)OC(C)=O)[C@H](F)[C@H]2OC(C)=O)c2nc(N)nc(OC)c21. The van der Waals surface area contributed by atoms with E-state index in [1.54, 1.807) is 6.92 Å². The van der Waals surface area contributed by atoms with Crippen LogP contribution in [0.1, 0.15) is 46.8 Å². The molecule has 0 bridgehead atoms. The van der Waals surface area contributed by atoms with Crippen molar-refractivity contribution in [3.63, 3.8) is 0 Å². The number of alkyl halides is 1. The normalized spacial score (nSPS) is 23.5. The van der Waals surface area contributed by atoms with Gasteiger partial charge in [-0.05, 0) is 12.8 Å². The smallest absolute Gasteiger partial charge is 0.332 e. The van der Waals surface area contributed by atoms with Crippen LogP contribution in [0.15, 0.2) is 4.79 Å². The fourth-order valence-electron chi connectivity index (χ4n) is 4.03. The Morgan fingerprint density at radius 3 is 2.48 bits per heavy atom. The second-order valence-electron chi connectivity index (χ2n) is 7.63. The second-order valence-corrected chi connectivity index (χ2v) is 7.63. The van der Waals surface area contributed by atoms with Gasteiger partial charge in [0.1, 0.15) is 12.2 Å². The Labute approximate surface area is 188 Å². The first-order valence-electron chi connectivity index (χ1n) is 10.6. The number of hydrogen-bond acceptors (Lipinski definition) is 10. The van der Waals surface area contributed by atoms with Gasteiger partial charge in [-0.15, -0.1) is 0 Å². The zero-order chi connectivity index (χ0) is 24.4. The number of methoxy groups -OCH3 is 1. The molecule has 2 N–H and O–H groups in total. The summed E-state index contributed by atoms with van der Waals surface area (Å²) in [6.07, 6.45) is -6.21. The third-order valence-electron chi connectivity index (χ3n) is 5.27. The third kappa shape index (κ3) is 4.49. The number of fused-ring (bicyclic) bond motifs is 1. The Hall–Kier alpha value is -3.22. The van der Waals surface area contributed by atoms with Gasteiger partial charge in [-0.25, -0.2) is 13.8 Å². The predicted molar refractivity (Wildman–Crippen MR) is 113 cm³/mol. The molecule has 3 rings (SSSR count). The molecule has 0 saturated carbocycles. The molecule has 2 aromatic rings. The molecule has 3 heterocycles.